The summed E-state index contributed by atoms with van der Waals surface area (Å²) in [5, 5.41) is 20.9. The maximum absolute atomic E-state index is 11.1. The smallest absolute Gasteiger partial charge is 0.306 e. The standard InChI is InChI=1S/C19H23NO4/c1-24-15-11-16-13(3-2-4-17(16)20-12-15)5-8-19(23)9-6-14(7-10-19)18(21)22/h2-4,11-12,14,23H,5-10H2,1H3,(H,21,22)/t14-,19+. The number of carboxylic acid groups (broad SMARTS) is 1. The molecule has 0 unspecified atom stereocenters. The minimum absolute atomic E-state index is 0.309. The summed E-state index contributed by atoms with van der Waals surface area (Å²) in [7, 11) is 1.62. The van der Waals surface area contributed by atoms with Gasteiger partial charge in [0.15, 0.2) is 0 Å². The van der Waals surface area contributed by atoms with Crippen LogP contribution in [0.4, 0.5) is 0 Å². The van der Waals surface area contributed by atoms with E-state index in [9.17, 15) is 9.90 Å². The third kappa shape index (κ3) is 3.51. The Labute approximate surface area is 141 Å². The number of nitrogens with zero attached hydrogens (tertiary/aromatic N) is 1. The molecular formula is C19H23NO4. The zero-order chi connectivity index (χ0) is 17.2. The molecule has 0 amide bonds. The van der Waals surface area contributed by atoms with Crippen LogP contribution >= 0.6 is 0 Å². The zero-order valence-corrected chi connectivity index (χ0v) is 13.9. The molecular weight excluding hydrogens is 306 g/mol. The molecule has 0 radical (unpaired) electrons. The number of aryl methyl sites for hydroxylation is 1. The van der Waals surface area contributed by atoms with Gasteiger partial charge in [0.25, 0.3) is 0 Å². The Morgan fingerprint density at radius 1 is 1.38 bits per heavy atom. The van der Waals surface area contributed by atoms with Crippen molar-refractivity contribution >= 4 is 16.9 Å². The number of aliphatic carboxylic acids is 1. The van der Waals surface area contributed by atoms with E-state index in [-0.39, 0.29) is 5.92 Å². The average Bonchev–Trinajstić information content (AvgIpc) is 2.60. The highest BCUT2D eigenvalue weighted by atomic mass is 16.5. The van der Waals surface area contributed by atoms with E-state index >= 15 is 0 Å². The molecule has 1 fully saturated rings. The summed E-state index contributed by atoms with van der Waals surface area (Å²) in [6.07, 6.45) is 5.28. The van der Waals surface area contributed by atoms with Crippen LogP contribution in [-0.4, -0.2) is 33.9 Å². The number of hydrogen-bond acceptors (Lipinski definition) is 4. The number of carboxylic acids is 1. The highest BCUT2D eigenvalue weighted by Crippen LogP contribution is 2.36. The summed E-state index contributed by atoms with van der Waals surface area (Å²) in [6, 6.07) is 7.96. The second-order valence-corrected chi connectivity index (χ2v) is 6.70. The molecule has 1 aliphatic carbocycles. The van der Waals surface area contributed by atoms with E-state index in [1.54, 1.807) is 13.3 Å². The van der Waals surface area contributed by atoms with Gasteiger partial charge < -0.3 is 14.9 Å². The van der Waals surface area contributed by atoms with Crippen LogP contribution in [0.25, 0.3) is 10.9 Å². The number of aliphatic hydroxyl groups is 1. The Balaban J connectivity index is 1.73. The maximum atomic E-state index is 11.1. The molecule has 1 aromatic carbocycles. The van der Waals surface area contributed by atoms with E-state index in [4.69, 9.17) is 9.84 Å². The maximum Gasteiger partial charge on any atom is 0.306 e. The second-order valence-electron chi connectivity index (χ2n) is 6.70. The molecule has 1 aromatic heterocycles. The molecule has 3 rings (SSSR count). The fraction of sp³-hybridized carbons (Fsp3) is 0.474. The Morgan fingerprint density at radius 2 is 2.12 bits per heavy atom. The second kappa shape index (κ2) is 6.77. The van der Waals surface area contributed by atoms with E-state index < -0.39 is 11.6 Å². The molecule has 2 N–H and O–H groups in total. The number of benzene rings is 1. The Morgan fingerprint density at radius 3 is 2.79 bits per heavy atom. The van der Waals surface area contributed by atoms with Crippen molar-refractivity contribution < 1.29 is 19.7 Å². The van der Waals surface area contributed by atoms with Gasteiger partial charge in [-0.3, -0.25) is 9.78 Å². The molecule has 128 valence electrons. The Bertz CT molecular complexity index is 735. The molecule has 0 bridgehead atoms. The summed E-state index contributed by atoms with van der Waals surface area (Å²) < 4.78 is 5.26. The topological polar surface area (TPSA) is 79.7 Å². The predicted molar refractivity (Wildman–Crippen MR) is 91.2 cm³/mol. The Hall–Kier alpha value is -2.14. The Kier molecular flexibility index (Phi) is 4.71. The summed E-state index contributed by atoms with van der Waals surface area (Å²) >= 11 is 0. The van der Waals surface area contributed by atoms with Crippen molar-refractivity contribution in [2.24, 2.45) is 5.92 Å². The van der Waals surface area contributed by atoms with Gasteiger partial charge in [0, 0.05) is 5.39 Å². The van der Waals surface area contributed by atoms with Crippen LogP contribution in [0, 0.1) is 5.92 Å². The first-order valence-corrected chi connectivity index (χ1v) is 8.37. The quantitative estimate of drug-likeness (QED) is 0.880. The largest absolute Gasteiger partial charge is 0.495 e. The third-order valence-electron chi connectivity index (χ3n) is 5.15. The molecule has 24 heavy (non-hydrogen) atoms. The number of methoxy groups -OCH3 is 1. The number of fused-ring (bicyclic) bond motifs is 1. The molecule has 1 aliphatic rings. The van der Waals surface area contributed by atoms with E-state index in [2.05, 4.69) is 11.1 Å². The van der Waals surface area contributed by atoms with Crippen LogP contribution in [0.1, 0.15) is 37.7 Å². The van der Waals surface area contributed by atoms with Crippen LogP contribution in [-0.2, 0) is 11.2 Å². The van der Waals surface area contributed by atoms with Gasteiger partial charge in [0.1, 0.15) is 5.75 Å². The van der Waals surface area contributed by atoms with Crippen LogP contribution in [0.15, 0.2) is 30.5 Å². The van der Waals surface area contributed by atoms with Gasteiger partial charge in [-0.2, -0.15) is 0 Å². The average molecular weight is 329 g/mol. The molecule has 1 heterocycles. The monoisotopic (exact) mass is 329 g/mol. The number of aromatic nitrogens is 1. The molecule has 2 aromatic rings. The summed E-state index contributed by atoms with van der Waals surface area (Å²) in [4.78, 5) is 15.5. The minimum Gasteiger partial charge on any atom is -0.495 e. The minimum atomic E-state index is -0.763. The van der Waals surface area contributed by atoms with Gasteiger partial charge in [0.2, 0.25) is 0 Å². The molecule has 5 heteroatoms. The lowest BCUT2D eigenvalue weighted by Gasteiger charge is -2.34. The van der Waals surface area contributed by atoms with Crippen molar-refractivity contribution in [2.75, 3.05) is 7.11 Å². The lowest BCUT2D eigenvalue weighted by atomic mass is 9.76. The molecule has 1 saturated carbocycles. The first-order chi connectivity index (χ1) is 11.5. The normalized spacial score (nSPS) is 24.0. The lowest BCUT2D eigenvalue weighted by molar-refractivity contribution is -0.144. The van der Waals surface area contributed by atoms with Crippen LogP contribution in [0.2, 0.25) is 0 Å². The van der Waals surface area contributed by atoms with Gasteiger partial charge >= 0.3 is 5.97 Å². The van der Waals surface area contributed by atoms with Crippen molar-refractivity contribution in [1.29, 1.82) is 0 Å². The number of carbonyl (C=O) groups is 1. The first kappa shape index (κ1) is 16.7. The van der Waals surface area contributed by atoms with Crippen molar-refractivity contribution in [3.05, 3.63) is 36.0 Å². The molecule has 5 nitrogen and oxygen atoms in total. The number of rotatable bonds is 5. The van der Waals surface area contributed by atoms with Gasteiger partial charge in [-0.1, -0.05) is 12.1 Å². The van der Waals surface area contributed by atoms with Gasteiger partial charge in [-0.25, -0.2) is 0 Å². The van der Waals surface area contributed by atoms with E-state index in [1.807, 2.05) is 18.2 Å². The van der Waals surface area contributed by atoms with Crippen molar-refractivity contribution in [2.45, 2.75) is 44.1 Å². The number of hydrogen-bond donors (Lipinski definition) is 2. The van der Waals surface area contributed by atoms with Crippen LogP contribution in [0.5, 0.6) is 5.75 Å². The molecule has 0 saturated heterocycles. The SMILES string of the molecule is COc1cnc2cccc(CC[C@]3(O)CC[C@@H](C(=O)O)CC3)c2c1. The fourth-order valence-electron chi connectivity index (χ4n) is 3.54. The zero-order valence-electron chi connectivity index (χ0n) is 13.9. The lowest BCUT2D eigenvalue weighted by Crippen LogP contribution is -2.36. The van der Waals surface area contributed by atoms with Gasteiger partial charge in [-0.05, 0) is 56.2 Å². The first-order valence-electron chi connectivity index (χ1n) is 8.37. The van der Waals surface area contributed by atoms with E-state index in [0.29, 0.717) is 32.1 Å². The van der Waals surface area contributed by atoms with Gasteiger partial charge in [-0.15, -0.1) is 0 Å². The summed E-state index contributed by atoms with van der Waals surface area (Å²) in [5.41, 5.74) is 1.28. The van der Waals surface area contributed by atoms with E-state index in [0.717, 1.165) is 28.6 Å². The van der Waals surface area contributed by atoms with Crippen molar-refractivity contribution in [3.63, 3.8) is 0 Å². The molecule has 0 aliphatic heterocycles. The predicted octanol–water partition coefficient (Wildman–Crippen LogP) is 3.18. The van der Waals surface area contributed by atoms with Crippen LogP contribution < -0.4 is 4.74 Å². The number of ether oxygens (including phenoxy) is 1. The van der Waals surface area contributed by atoms with Crippen molar-refractivity contribution in [3.8, 4) is 5.75 Å². The fourth-order valence-corrected chi connectivity index (χ4v) is 3.54. The summed E-state index contributed by atoms with van der Waals surface area (Å²) in [5.74, 6) is -0.337. The van der Waals surface area contributed by atoms with E-state index in [1.165, 1.54) is 0 Å². The third-order valence-corrected chi connectivity index (χ3v) is 5.15. The highest BCUT2D eigenvalue weighted by molar-refractivity contribution is 5.83. The van der Waals surface area contributed by atoms with Crippen LogP contribution in [0.3, 0.4) is 0 Å². The molecule has 0 atom stereocenters. The van der Waals surface area contributed by atoms with Crippen molar-refractivity contribution in [1.82, 2.24) is 4.98 Å². The molecule has 0 spiro atoms. The highest BCUT2D eigenvalue weighted by Gasteiger charge is 2.35. The number of pyridine rings is 1. The summed E-state index contributed by atoms with van der Waals surface area (Å²) in [6.45, 7) is 0. The van der Waals surface area contributed by atoms with Gasteiger partial charge in [0.05, 0.1) is 30.3 Å².